The number of carbonyl (C=O) groups excluding carboxylic acids is 1. The van der Waals surface area contributed by atoms with Gasteiger partial charge in [-0.25, -0.2) is 4.98 Å². The SMILES string of the molecule is COc1ccc(CN(Cc2cc3cc4c(cc3nc2Cl)OCO4)C(=O)c2ccccc2C)cc1. The Hall–Kier alpha value is -3.77. The van der Waals surface area contributed by atoms with E-state index >= 15 is 0 Å². The van der Waals surface area contributed by atoms with Crippen molar-refractivity contribution in [2.45, 2.75) is 20.0 Å². The van der Waals surface area contributed by atoms with Gasteiger partial charge in [0.1, 0.15) is 10.9 Å². The normalized spacial score (nSPS) is 12.1. The van der Waals surface area contributed by atoms with Gasteiger partial charge in [0.15, 0.2) is 11.5 Å². The number of amides is 1. The highest BCUT2D eigenvalue weighted by Gasteiger charge is 2.21. The van der Waals surface area contributed by atoms with Gasteiger partial charge < -0.3 is 19.1 Å². The molecule has 0 fully saturated rings. The highest BCUT2D eigenvalue weighted by Crippen LogP contribution is 2.36. The van der Waals surface area contributed by atoms with Gasteiger partial charge in [0.05, 0.1) is 12.6 Å². The molecule has 0 atom stereocenters. The first-order valence-electron chi connectivity index (χ1n) is 10.9. The molecule has 1 aliphatic heterocycles. The molecule has 1 aromatic heterocycles. The van der Waals surface area contributed by atoms with Gasteiger partial charge in [0.2, 0.25) is 6.79 Å². The van der Waals surface area contributed by atoms with Crippen LogP contribution in [-0.2, 0) is 13.1 Å². The summed E-state index contributed by atoms with van der Waals surface area (Å²) in [6.07, 6.45) is 0. The van der Waals surface area contributed by atoms with E-state index in [0.29, 0.717) is 40.8 Å². The fourth-order valence-electron chi connectivity index (χ4n) is 4.03. The molecule has 0 N–H and O–H groups in total. The Bertz CT molecular complexity index is 1370. The first kappa shape index (κ1) is 22.0. The van der Waals surface area contributed by atoms with Gasteiger partial charge in [-0.1, -0.05) is 41.9 Å². The number of hydrogen-bond donors (Lipinski definition) is 0. The van der Waals surface area contributed by atoms with Crippen LogP contribution in [0.2, 0.25) is 5.15 Å². The second kappa shape index (κ2) is 9.23. The molecule has 0 aliphatic carbocycles. The first-order chi connectivity index (χ1) is 16.5. The standard InChI is InChI=1S/C27H23ClN2O4/c1-17-5-3-4-6-22(17)27(31)30(14-18-7-9-21(32-2)10-8-18)15-20-11-19-12-24-25(34-16-33-24)13-23(19)29-26(20)28/h3-13H,14-16H2,1-2H3. The maximum atomic E-state index is 13.6. The average molecular weight is 475 g/mol. The summed E-state index contributed by atoms with van der Waals surface area (Å²) >= 11 is 6.59. The molecule has 2 heterocycles. The predicted octanol–water partition coefficient (Wildman–Crippen LogP) is 5.78. The molecular formula is C27H23ClN2O4. The number of benzene rings is 3. The van der Waals surface area contributed by atoms with Crippen LogP contribution in [0.5, 0.6) is 17.2 Å². The zero-order chi connectivity index (χ0) is 23.7. The van der Waals surface area contributed by atoms with Crippen LogP contribution in [0.15, 0.2) is 66.7 Å². The number of fused-ring (bicyclic) bond motifs is 2. The fraction of sp³-hybridized carbons (Fsp3) is 0.185. The van der Waals surface area contributed by atoms with Crippen molar-refractivity contribution >= 4 is 28.4 Å². The van der Waals surface area contributed by atoms with Gasteiger partial charge in [0, 0.05) is 35.7 Å². The van der Waals surface area contributed by atoms with Gasteiger partial charge in [0.25, 0.3) is 5.91 Å². The lowest BCUT2D eigenvalue weighted by atomic mass is 10.1. The van der Waals surface area contributed by atoms with Crippen LogP contribution >= 0.6 is 11.6 Å². The molecule has 172 valence electrons. The average Bonchev–Trinajstić information content (AvgIpc) is 3.30. The van der Waals surface area contributed by atoms with Crippen molar-refractivity contribution in [2.75, 3.05) is 13.9 Å². The number of methoxy groups -OCH3 is 1. The Balaban J connectivity index is 1.51. The molecular weight excluding hydrogens is 452 g/mol. The van der Waals surface area contributed by atoms with Crippen molar-refractivity contribution in [1.82, 2.24) is 9.88 Å². The molecule has 4 aromatic rings. The minimum absolute atomic E-state index is 0.0734. The van der Waals surface area contributed by atoms with Gasteiger partial charge in [-0.15, -0.1) is 0 Å². The number of pyridine rings is 1. The van der Waals surface area contributed by atoms with E-state index in [1.807, 2.05) is 73.7 Å². The monoisotopic (exact) mass is 474 g/mol. The van der Waals surface area contributed by atoms with Crippen LogP contribution in [-0.4, -0.2) is 29.7 Å². The van der Waals surface area contributed by atoms with E-state index in [4.69, 9.17) is 25.8 Å². The number of ether oxygens (including phenoxy) is 3. The van der Waals surface area contributed by atoms with Gasteiger partial charge >= 0.3 is 0 Å². The highest BCUT2D eigenvalue weighted by atomic mass is 35.5. The second-order valence-corrected chi connectivity index (χ2v) is 8.52. The van der Waals surface area contributed by atoms with E-state index in [0.717, 1.165) is 27.8 Å². The van der Waals surface area contributed by atoms with Crippen molar-refractivity contribution in [1.29, 1.82) is 0 Å². The van der Waals surface area contributed by atoms with Crippen molar-refractivity contribution in [2.24, 2.45) is 0 Å². The molecule has 3 aromatic carbocycles. The largest absolute Gasteiger partial charge is 0.497 e. The summed E-state index contributed by atoms with van der Waals surface area (Å²) in [6.45, 7) is 2.83. The van der Waals surface area contributed by atoms with E-state index in [2.05, 4.69) is 4.98 Å². The van der Waals surface area contributed by atoms with Gasteiger partial charge in [-0.3, -0.25) is 4.79 Å². The third kappa shape index (κ3) is 4.37. The lowest BCUT2D eigenvalue weighted by Gasteiger charge is -2.24. The van der Waals surface area contributed by atoms with E-state index in [-0.39, 0.29) is 12.7 Å². The Labute approximate surface area is 202 Å². The van der Waals surface area contributed by atoms with E-state index in [1.165, 1.54) is 0 Å². The van der Waals surface area contributed by atoms with Crippen LogP contribution in [0.3, 0.4) is 0 Å². The Morgan fingerprint density at radius 3 is 2.50 bits per heavy atom. The summed E-state index contributed by atoms with van der Waals surface area (Å²) in [5.41, 5.74) is 4.02. The molecule has 1 amide bonds. The number of hydrogen-bond acceptors (Lipinski definition) is 5. The van der Waals surface area contributed by atoms with Crippen molar-refractivity contribution in [3.8, 4) is 17.2 Å². The fourth-order valence-corrected chi connectivity index (χ4v) is 4.24. The quantitative estimate of drug-likeness (QED) is 0.332. The molecule has 0 saturated heterocycles. The third-order valence-electron chi connectivity index (χ3n) is 5.89. The molecule has 0 radical (unpaired) electrons. The summed E-state index contributed by atoms with van der Waals surface area (Å²) in [4.78, 5) is 20.0. The smallest absolute Gasteiger partial charge is 0.254 e. The molecule has 0 saturated carbocycles. The summed E-state index contributed by atoms with van der Waals surface area (Å²) in [5, 5.41) is 1.22. The van der Waals surface area contributed by atoms with E-state index < -0.39 is 0 Å². The maximum Gasteiger partial charge on any atom is 0.254 e. The topological polar surface area (TPSA) is 60.9 Å². The molecule has 6 nitrogen and oxygen atoms in total. The molecule has 34 heavy (non-hydrogen) atoms. The van der Waals surface area contributed by atoms with E-state index in [1.54, 1.807) is 12.0 Å². The zero-order valence-corrected chi connectivity index (χ0v) is 19.6. The van der Waals surface area contributed by atoms with E-state index in [9.17, 15) is 4.79 Å². The number of aryl methyl sites for hydroxylation is 1. The first-order valence-corrected chi connectivity index (χ1v) is 11.3. The second-order valence-electron chi connectivity index (χ2n) is 8.16. The predicted molar refractivity (Wildman–Crippen MR) is 131 cm³/mol. The summed E-state index contributed by atoms with van der Waals surface area (Å²) < 4.78 is 16.2. The van der Waals surface area contributed by atoms with Crippen LogP contribution in [0, 0.1) is 6.92 Å². The molecule has 0 bridgehead atoms. The lowest BCUT2D eigenvalue weighted by Crippen LogP contribution is -2.30. The molecule has 0 unspecified atom stereocenters. The Morgan fingerprint density at radius 1 is 1.03 bits per heavy atom. The zero-order valence-electron chi connectivity index (χ0n) is 18.9. The Morgan fingerprint density at radius 2 is 1.76 bits per heavy atom. The highest BCUT2D eigenvalue weighted by molar-refractivity contribution is 6.30. The summed E-state index contributed by atoms with van der Waals surface area (Å²) in [5.74, 6) is 2.02. The van der Waals surface area contributed by atoms with Crippen LogP contribution in [0.4, 0.5) is 0 Å². The number of rotatable bonds is 6. The van der Waals surface area contributed by atoms with Crippen LogP contribution in [0.25, 0.3) is 10.9 Å². The minimum Gasteiger partial charge on any atom is -0.497 e. The number of halogens is 1. The third-order valence-corrected chi connectivity index (χ3v) is 6.22. The summed E-state index contributed by atoms with van der Waals surface area (Å²) in [7, 11) is 1.63. The van der Waals surface area contributed by atoms with Crippen LogP contribution < -0.4 is 14.2 Å². The molecule has 0 spiro atoms. The number of carbonyl (C=O) groups is 1. The number of nitrogens with zero attached hydrogens (tertiary/aromatic N) is 2. The molecule has 1 aliphatic rings. The molecule has 7 heteroatoms. The van der Waals surface area contributed by atoms with Crippen molar-refractivity contribution in [3.63, 3.8) is 0 Å². The minimum atomic E-state index is -0.0734. The number of aromatic nitrogens is 1. The lowest BCUT2D eigenvalue weighted by molar-refractivity contribution is 0.0729. The van der Waals surface area contributed by atoms with Gasteiger partial charge in [-0.05, 0) is 48.4 Å². The summed E-state index contributed by atoms with van der Waals surface area (Å²) in [6, 6.07) is 20.9. The van der Waals surface area contributed by atoms with Crippen LogP contribution in [0.1, 0.15) is 27.0 Å². The maximum absolute atomic E-state index is 13.6. The Kier molecular flexibility index (Phi) is 5.99. The van der Waals surface area contributed by atoms with Crippen molar-refractivity contribution in [3.05, 3.63) is 94.1 Å². The molecule has 5 rings (SSSR count). The van der Waals surface area contributed by atoms with Crippen molar-refractivity contribution < 1.29 is 19.0 Å². The van der Waals surface area contributed by atoms with Gasteiger partial charge in [-0.2, -0.15) is 0 Å².